The number of nitrogens with zero attached hydrogens (tertiary/aromatic N) is 2. The van der Waals surface area contributed by atoms with Crippen LogP contribution in [-0.4, -0.2) is 21.5 Å². The largest absolute Gasteiger partial charge is 0.398 e. The monoisotopic (exact) mass is 301 g/mol. The van der Waals surface area contributed by atoms with Gasteiger partial charge in [0.1, 0.15) is 0 Å². The average Bonchev–Trinajstić information content (AvgIpc) is 2.79. The first-order valence-corrected chi connectivity index (χ1v) is 6.92. The summed E-state index contributed by atoms with van der Waals surface area (Å²) < 4.78 is 38.7. The molecule has 0 aliphatic heterocycles. The van der Waals surface area contributed by atoms with Crippen molar-refractivity contribution in [2.75, 3.05) is 11.1 Å². The maximum atomic E-state index is 12.3. The van der Waals surface area contributed by atoms with Crippen LogP contribution in [0.4, 0.5) is 18.9 Å². The molecule has 0 aliphatic rings. The Morgan fingerprint density at radius 3 is 2.70 bits per heavy atom. The van der Waals surface area contributed by atoms with Crippen molar-refractivity contribution in [3.8, 4) is 0 Å². The summed E-state index contributed by atoms with van der Waals surface area (Å²) in [6, 6.07) is 6.98. The molecule has 0 saturated carbocycles. The third-order valence-electron chi connectivity index (χ3n) is 2.65. The highest BCUT2D eigenvalue weighted by Crippen LogP contribution is 2.32. The van der Waals surface area contributed by atoms with Crippen LogP contribution >= 0.6 is 11.8 Å². The van der Waals surface area contributed by atoms with Crippen molar-refractivity contribution in [1.82, 2.24) is 9.55 Å². The van der Waals surface area contributed by atoms with E-state index in [1.807, 2.05) is 11.6 Å². The van der Waals surface area contributed by atoms with Crippen LogP contribution in [0.1, 0.15) is 5.69 Å². The molecular formula is C13H14F3N3S. The number of aromatic nitrogens is 2. The molecule has 0 bridgehead atoms. The van der Waals surface area contributed by atoms with E-state index in [1.54, 1.807) is 36.8 Å². The zero-order valence-corrected chi connectivity index (χ0v) is 11.6. The first-order chi connectivity index (χ1) is 9.46. The molecule has 0 amide bonds. The molecule has 2 rings (SSSR count). The highest BCUT2D eigenvalue weighted by Gasteiger charge is 2.27. The third kappa shape index (κ3) is 4.19. The van der Waals surface area contributed by atoms with Gasteiger partial charge in [0.15, 0.2) is 0 Å². The number of rotatable bonds is 5. The number of halogens is 3. The summed E-state index contributed by atoms with van der Waals surface area (Å²) in [5.74, 6) is -0.891. The van der Waals surface area contributed by atoms with Gasteiger partial charge in [-0.15, -0.1) is 11.8 Å². The second-order valence-electron chi connectivity index (χ2n) is 4.25. The van der Waals surface area contributed by atoms with Gasteiger partial charge in [0.2, 0.25) is 0 Å². The van der Waals surface area contributed by atoms with Crippen molar-refractivity contribution in [3.63, 3.8) is 0 Å². The highest BCUT2D eigenvalue weighted by atomic mass is 32.2. The van der Waals surface area contributed by atoms with Crippen LogP contribution in [0, 0.1) is 0 Å². The Kier molecular flexibility index (Phi) is 4.59. The molecule has 1 N–H and O–H groups in total. The number of thioether (sulfide) groups is 1. The molecule has 0 radical (unpaired) electrons. The summed E-state index contributed by atoms with van der Waals surface area (Å²) >= 11 is 0.785. The summed E-state index contributed by atoms with van der Waals surface area (Å²) in [7, 11) is 1.87. The van der Waals surface area contributed by atoms with Crippen LogP contribution in [0.5, 0.6) is 0 Å². The van der Waals surface area contributed by atoms with Crippen LogP contribution in [0.2, 0.25) is 0 Å². The molecule has 1 heterocycles. The molecule has 0 fully saturated rings. The van der Waals surface area contributed by atoms with Crippen molar-refractivity contribution < 1.29 is 13.2 Å². The molecule has 0 unspecified atom stereocenters. The van der Waals surface area contributed by atoms with Crippen molar-refractivity contribution in [2.24, 2.45) is 7.05 Å². The smallest absolute Gasteiger partial charge is 0.379 e. The molecule has 0 saturated heterocycles. The van der Waals surface area contributed by atoms with Gasteiger partial charge >= 0.3 is 6.18 Å². The maximum Gasteiger partial charge on any atom is 0.398 e. The van der Waals surface area contributed by atoms with Crippen molar-refractivity contribution in [2.45, 2.75) is 17.6 Å². The number of imidazole rings is 1. The lowest BCUT2D eigenvalue weighted by molar-refractivity contribution is -0.105. The van der Waals surface area contributed by atoms with E-state index in [4.69, 9.17) is 0 Å². The number of alkyl halides is 3. The summed E-state index contributed by atoms with van der Waals surface area (Å²) in [6.07, 6.45) is -0.764. The van der Waals surface area contributed by atoms with E-state index in [1.165, 1.54) is 0 Å². The predicted octanol–water partition coefficient (Wildman–Crippen LogP) is 3.69. The molecule has 7 heteroatoms. The average molecular weight is 301 g/mol. The lowest BCUT2D eigenvalue weighted by Gasteiger charge is -2.12. The SMILES string of the molecule is Cn1cncc1CNc1ccccc1SCC(F)(F)F. The minimum Gasteiger partial charge on any atom is -0.379 e. The van der Waals surface area contributed by atoms with Crippen molar-refractivity contribution >= 4 is 17.4 Å². The first kappa shape index (κ1) is 14.8. The van der Waals surface area contributed by atoms with Crippen LogP contribution in [0.25, 0.3) is 0 Å². The molecule has 0 spiro atoms. The van der Waals surface area contributed by atoms with Crippen LogP contribution in [-0.2, 0) is 13.6 Å². The maximum absolute atomic E-state index is 12.3. The van der Waals surface area contributed by atoms with Crippen LogP contribution in [0.15, 0.2) is 41.7 Å². The van der Waals surface area contributed by atoms with E-state index in [9.17, 15) is 13.2 Å². The molecular weight excluding hydrogens is 287 g/mol. The van der Waals surface area contributed by atoms with Gasteiger partial charge in [-0.05, 0) is 12.1 Å². The Morgan fingerprint density at radius 1 is 1.30 bits per heavy atom. The molecule has 0 aliphatic carbocycles. The standard InChI is InChI=1S/C13H14F3N3S/c1-19-9-17-6-10(19)7-18-11-4-2-3-5-12(11)20-8-13(14,15)16/h2-6,9,18H,7-8H2,1H3. The van der Waals surface area contributed by atoms with E-state index in [-0.39, 0.29) is 0 Å². The number of nitrogens with one attached hydrogen (secondary N) is 1. The lowest BCUT2D eigenvalue weighted by Crippen LogP contribution is -2.11. The normalized spacial score (nSPS) is 11.6. The first-order valence-electron chi connectivity index (χ1n) is 5.93. The molecule has 20 heavy (non-hydrogen) atoms. The van der Waals surface area contributed by atoms with Gasteiger partial charge in [-0.2, -0.15) is 13.2 Å². The number of hydrogen-bond acceptors (Lipinski definition) is 3. The number of anilines is 1. The molecule has 1 aromatic heterocycles. The summed E-state index contributed by atoms with van der Waals surface area (Å²) in [4.78, 5) is 4.58. The quantitative estimate of drug-likeness (QED) is 0.854. The van der Waals surface area contributed by atoms with Gasteiger partial charge in [0, 0.05) is 23.8 Å². The van der Waals surface area contributed by atoms with Gasteiger partial charge in [0.25, 0.3) is 0 Å². The zero-order valence-electron chi connectivity index (χ0n) is 10.8. The Hall–Kier alpha value is -1.63. The zero-order chi connectivity index (χ0) is 14.6. The third-order valence-corrected chi connectivity index (χ3v) is 3.79. The second-order valence-corrected chi connectivity index (χ2v) is 5.27. The summed E-state index contributed by atoms with van der Waals surface area (Å²) in [5.41, 5.74) is 1.66. The second kappa shape index (κ2) is 6.21. The Morgan fingerprint density at radius 2 is 2.05 bits per heavy atom. The van der Waals surface area contributed by atoms with E-state index in [0.29, 0.717) is 17.1 Å². The van der Waals surface area contributed by atoms with Crippen molar-refractivity contribution in [1.29, 1.82) is 0 Å². The fraction of sp³-hybridized carbons (Fsp3) is 0.308. The van der Waals surface area contributed by atoms with E-state index < -0.39 is 11.9 Å². The molecule has 108 valence electrons. The molecule has 1 aromatic carbocycles. The number of benzene rings is 1. The van der Waals surface area contributed by atoms with Gasteiger partial charge in [-0.3, -0.25) is 0 Å². The van der Waals surface area contributed by atoms with Gasteiger partial charge in [-0.25, -0.2) is 4.98 Å². The summed E-state index contributed by atoms with van der Waals surface area (Å²) in [5, 5.41) is 3.14. The number of aryl methyl sites for hydroxylation is 1. The minimum absolute atomic E-state index is 0.514. The Labute approximate surface area is 119 Å². The van der Waals surface area contributed by atoms with Gasteiger partial charge in [0.05, 0.1) is 24.3 Å². The number of para-hydroxylation sites is 1. The fourth-order valence-corrected chi connectivity index (χ4v) is 2.43. The van der Waals surface area contributed by atoms with Gasteiger partial charge in [-0.1, -0.05) is 12.1 Å². The fourth-order valence-electron chi connectivity index (χ4n) is 1.64. The number of hydrogen-bond donors (Lipinski definition) is 1. The summed E-state index contributed by atoms with van der Waals surface area (Å²) in [6.45, 7) is 0.514. The minimum atomic E-state index is -4.17. The van der Waals surface area contributed by atoms with Crippen molar-refractivity contribution in [3.05, 3.63) is 42.5 Å². The Bertz CT molecular complexity index is 566. The Balaban J connectivity index is 2.02. The van der Waals surface area contributed by atoms with Gasteiger partial charge < -0.3 is 9.88 Å². The molecule has 3 nitrogen and oxygen atoms in total. The van der Waals surface area contributed by atoms with E-state index in [0.717, 1.165) is 17.5 Å². The molecule has 0 atom stereocenters. The van der Waals surface area contributed by atoms with Crippen LogP contribution in [0.3, 0.4) is 0 Å². The topological polar surface area (TPSA) is 29.9 Å². The predicted molar refractivity (Wildman–Crippen MR) is 73.8 cm³/mol. The lowest BCUT2D eigenvalue weighted by atomic mass is 10.3. The van der Waals surface area contributed by atoms with E-state index in [2.05, 4.69) is 10.3 Å². The van der Waals surface area contributed by atoms with E-state index >= 15 is 0 Å². The highest BCUT2D eigenvalue weighted by molar-refractivity contribution is 7.99. The molecule has 2 aromatic rings. The van der Waals surface area contributed by atoms with Crippen LogP contribution < -0.4 is 5.32 Å².